The summed E-state index contributed by atoms with van der Waals surface area (Å²) in [5.41, 5.74) is 4.43. The third-order valence-corrected chi connectivity index (χ3v) is 7.94. The molecule has 1 N–H and O–H groups in total. The van der Waals surface area contributed by atoms with Crippen molar-refractivity contribution in [3.05, 3.63) is 66.0 Å². The second-order valence-electron chi connectivity index (χ2n) is 8.35. The average Bonchev–Trinajstić information content (AvgIpc) is 3.34. The highest BCUT2D eigenvalue weighted by Gasteiger charge is 2.20. The average molecular weight is 480 g/mol. The summed E-state index contributed by atoms with van der Waals surface area (Å²) in [5, 5.41) is 11.1. The normalized spacial score (nSPS) is 12.8. The molecule has 1 atom stereocenters. The van der Waals surface area contributed by atoms with Gasteiger partial charge in [-0.2, -0.15) is 0 Å². The molecule has 4 rings (SSSR count). The van der Waals surface area contributed by atoms with Gasteiger partial charge in [-0.3, -0.25) is 4.98 Å². The fourth-order valence-electron chi connectivity index (χ4n) is 3.40. The third kappa shape index (κ3) is 4.62. The molecule has 178 valence electrons. The van der Waals surface area contributed by atoms with Gasteiger partial charge in [-0.15, -0.1) is 10.2 Å². The lowest BCUT2D eigenvalue weighted by Gasteiger charge is -2.10. The number of rotatable bonds is 7. The summed E-state index contributed by atoms with van der Waals surface area (Å²) in [6.45, 7) is 7.24. The molecule has 2 aromatic heterocycles. The van der Waals surface area contributed by atoms with Crippen molar-refractivity contribution in [3.8, 4) is 34.3 Å². The Morgan fingerprint density at radius 1 is 0.912 bits per heavy atom. The Balaban J connectivity index is 0.00000342. The lowest BCUT2D eigenvalue weighted by molar-refractivity contribution is 0.581. The monoisotopic (exact) mass is 479 g/mol. The fraction of sp³-hybridized carbons (Fsp3) is 0.280. The minimum atomic E-state index is -3.34. The number of aromatic nitrogens is 4. The summed E-state index contributed by atoms with van der Waals surface area (Å²) in [4.78, 5) is 9.40. The van der Waals surface area contributed by atoms with Crippen molar-refractivity contribution in [1.29, 1.82) is 0 Å². The van der Waals surface area contributed by atoms with Crippen molar-refractivity contribution < 1.29 is 14.3 Å². The van der Waals surface area contributed by atoms with Crippen LogP contribution in [0.4, 0.5) is 0 Å². The maximum atomic E-state index is 12.4. The van der Waals surface area contributed by atoms with Crippen LogP contribution in [0.15, 0.2) is 64.0 Å². The number of nitrogens with zero attached hydrogens (tertiary/aromatic N) is 4. The van der Waals surface area contributed by atoms with E-state index in [9.17, 15) is 8.42 Å². The maximum absolute atomic E-state index is 12.4. The molecule has 34 heavy (non-hydrogen) atoms. The Morgan fingerprint density at radius 2 is 1.53 bits per heavy atom. The summed E-state index contributed by atoms with van der Waals surface area (Å²) in [6.07, 6.45) is 1.64. The SMILES string of the molecule is CNC(C)c1ccc(-c2nnc(-c3nc(-c4ccc(S(=O)(=O)C(C)C)cc4)cnc3C)o2)cc1.[HH]. The predicted octanol–water partition coefficient (Wildman–Crippen LogP) is 4.88. The lowest BCUT2D eigenvalue weighted by atomic mass is 10.1. The van der Waals surface area contributed by atoms with Gasteiger partial charge in [0.2, 0.25) is 5.89 Å². The smallest absolute Gasteiger partial charge is 0.268 e. The van der Waals surface area contributed by atoms with Crippen LogP contribution in [0, 0.1) is 6.92 Å². The standard InChI is InChI=1S/C25H27N5O3S.H2/c1-15(2)34(31,32)21-12-10-19(11-13-21)22-14-27-17(4)23(28-22)25-30-29-24(33-25)20-8-6-18(7-9-20)16(3)26-5;/h6-16,26H,1-5H3;1H. The largest absolute Gasteiger partial charge is 0.415 e. The molecule has 0 aliphatic rings. The fourth-order valence-corrected chi connectivity index (χ4v) is 4.45. The van der Waals surface area contributed by atoms with Crippen LogP contribution in [0.1, 0.15) is 39.5 Å². The molecule has 0 fully saturated rings. The lowest BCUT2D eigenvalue weighted by Crippen LogP contribution is -2.13. The van der Waals surface area contributed by atoms with E-state index in [2.05, 4.69) is 32.4 Å². The first-order valence-electron chi connectivity index (χ1n) is 11.0. The van der Waals surface area contributed by atoms with E-state index in [1.807, 2.05) is 38.2 Å². The van der Waals surface area contributed by atoms with Gasteiger partial charge in [0, 0.05) is 18.6 Å². The molecule has 0 bridgehead atoms. The number of hydrogen-bond acceptors (Lipinski definition) is 8. The highest BCUT2D eigenvalue weighted by atomic mass is 32.2. The summed E-state index contributed by atoms with van der Waals surface area (Å²) in [6, 6.07) is 14.8. The molecular formula is C25H29N5O3S. The summed E-state index contributed by atoms with van der Waals surface area (Å²) >= 11 is 0. The predicted molar refractivity (Wildman–Crippen MR) is 133 cm³/mol. The number of benzene rings is 2. The van der Waals surface area contributed by atoms with E-state index in [1.54, 1.807) is 44.3 Å². The highest BCUT2D eigenvalue weighted by Crippen LogP contribution is 2.28. The van der Waals surface area contributed by atoms with Crippen molar-refractivity contribution in [3.63, 3.8) is 0 Å². The topological polar surface area (TPSA) is 111 Å². The van der Waals surface area contributed by atoms with Gasteiger partial charge in [0.25, 0.3) is 5.89 Å². The molecule has 0 aliphatic heterocycles. The van der Waals surface area contributed by atoms with E-state index in [-0.39, 0.29) is 18.3 Å². The first-order chi connectivity index (χ1) is 16.2. The first kappa shape index (κ1) is 23.7. The number of aryl methyl sites for hydroxylation is 1. The molecule has 2 aromatic carbocycles. The van der Waals surface area contributed by atoms with Crippen molar-refractivity contribution in [2.75, 3.05) is 7.05 Å². The molecule has 9 heteroatoms. The van der Waals surface area contributed by atoms with E-state index in [4.69, 9.17) is 4.42 Å². The van der Waals surface area contributed by atoms with Crippen LogP contribution in [0.3, 0.4) is 0 Å². The third-order valence-electron chi connectivity index (χ3n) is 5.77. The molecule has 0 amide bonds. The van der Waals surface area contributed by atoms with Gasteiger partial charge in [-0.05, 0) is 64.6 Å². The Kier molecular flexibility index (Phi) is 6.58. The van der Waals surface area contributed by atoms with Gasteiger partial charge in [-0.25, -0.2) is 13.4 Å². The minimum Gasteiger partial charge on any atom is -0.415 e. The molecule has 2 heterocycles. The first-order valence-corrected chi connectivity index (χ1v) is 12.5. The van der Waals surface area contributed by atoms with Crippen LogP contribution in [-0.2, 0) is 9.84 Å². The molecule has 4 aromatic rings. The summed E-state index contributed by atoms with van der Waals surface area (Å²) in [7, 11) is -1.42. The molecule has 0 aliphatic carbocycles. The van der Waals surface area contributed by atoms with Gasteiger partial charge >= 0.3 is 0 Å². The number of hydrogen-bond donors (Lipinski definition) is 1. The Morgan fingerprint density at radius 3 is 2.15 bits per heavy atom. The van der Waals surface area contributed by atoms with Crippen molar-refractivity contribution in [2.45, 2.75) is 43.9 Å². The highest BCUT2D eigenvalue weighted by molar-refractivity contribution is 7.92. The molecule has 1 unspecified atom stereocenters. The van der Waals surface area contributed by atoms with E-state index >= 15 is 0 Å². The summed E-state index contributed by atoms with van der Waals surface area (Å²) < 4.78 is 30.7. The second-order valence-corrected chi connectivity index (χ2v) is 10.9. The van der Waals surface area contributed by atoms with Crippen LogP contribution in [-0.4, -0.2) is 40.9 Å². The van der Waals surface area contributed by atoms with E-state index in [0.717, 1.165) is 16.7 Å². The zero-order valence-electron chi connectivity index (χ0n) is 19.8. The molecular weight excluding hydrogens is 450 g/mol. The van der Waals surface area contributed by atoms with Gasteiger partial charge < -0.3 is 9.73 Å². The van der Waals surface area contributed by atoms with Gasteiger partial charge in [-0.1, -0.05) is 24.3 Å². The van der Waals surface area contributed by atoms with Crippen LogP contribution in [0.25, 0.3) is 34.3 Å². The van der Waals surface area contributed by atoms with E-state index < -0.39 is 15.1 Å². The molecule has 0 spiro atoms. The van der Waals surface area contributed by atoms with Crippen molar-refractivity contribution in [2.24, 2.45) is 0 Å². The molecule has 8 nitrogen and oxygen atoms in total. The van der Waals surface area contributed by atoms with Gasteiger partial charge in [0.1, 0.15) is 5.69 Å². The minimum absolute atomic E-state index is 0. The van der Waals surface area contributed by atoms with Crippen LogP contribution >= 0.6 is 0 Å². The Labute approximate surface area is 200 Å². The summed E-state index contributed by atoms with van der Waals surface area (Å²) in [5.74, 6) is 0.669. The van der Waals surface area contributed by atoms with Crippen LogP contribution in [0.2, 0.25) is 0 Å². The van der Waals surface area contributed by atoms with E-state index in [0.29, 0.717) is 23.0 Å². The van der Waals surface area contributed by atoms with Crippen LogP contribution in [0.5, 0.6) is 0 Å². The van der Waals surface area contributed by atoms with Gasteiger partial charge in [0.15, 0.2) is 9.84 Å². The second kappa shape index (κ2) is 9.44. The zero-order chi connectivity index (χ0) is 24.5. The quantitative estimate of drug-likeness (QED) is 0.399. The number of sulfone groups is 1. The Hall–Kier alpha value is -3.43. The van der Waals surface area contributed by atoms with Crippen molar-refractivity contribution in [1.82, 2.24) is 25.5 Å². The number of nitrogens with one attached hydrogen (secondary N) is 1. The molecule has 0 saturated carbocycles. The maximum Gasteiger partial charge on any atom is 0.268 e. The molecule has 0 radical (unpaired) electrons. The zero-order valence-corrected chi connectivity index (χ0v) is 20.6. The van der Waals surface area contributed by atoms with Crippen molar-refractivity contribution >= 4 is 9.84 Å². The van der Waals surface area contributed by atoms with Gasteiger partial charge in [0.05, 0.1) is 27.7 Å². The van der Waals surface area contributed by atoms with Crippen LogP contribution < -0.4 is 5.32 Å². The molecule has 0 saturated heterocycles. The van der Waals surface area contributed by atoms with E-state index in [1.165, 1.54) is 0 Å². The Bertz CT molecular complexity index is 1400.